The van der Waals surface area contributed by atoms with Crippen molar-refractivity contribution in [1.29, 1.82) is 0 Å². The Morgan fingerprint density at radius 2 is 1.64 bits per heavy atom. The summed E-state index contributed by atoms with van der Waals surface area (Å²) in [7, 11) is 3.29. The molecule has 2 aromatic carbocycles. The van der Waals surface area contributed by atoms with E-state index in [4.69, 9.17) is 4.42 Å². The summed E-state index contributed by atoms with van der Waals surface area (Å²) in [6.45, 7) is 0. The third-order valence-corrected chi connectivity index (χ3v) is 3.94. The summed E-state index contributed by atoms with van der Waals surface area (Å²) in [6.07, 6.45) is 1.41. The predicted octanol–water partition coefficient (Wildman–Crippen LogP) is 3.49. The molecule has 0 saturated carbocycles. The molecular formula is C21H19N3O4. The molecule has 7 nitrogen and oxygen atoms in total. The number of furan rings is 1. The third kappa shape index (κ3) is 4.27. The van der Waals surface area contributed by atoms with Gasteiger partial charge in [-0.1, -0.05) is 18.2 Å². The van der Waals surface area contributed by atoms with Gasteiger partial charge in [-0.05, 0) is 42.5 Å². The van der Waals surface area contributed by atoms with Gasteiger partial charge in [0.15, 0.2) is 5.76 Å². The number of carbonyl (C=O) groups excluding carboxylic acids is 3. The van der Waals surface area contributed by atoms with Crippen molar-refractivity contribution in [2.45, 2.75) is 0 Å². The first-order valence-electron chi connectivity index (χ1n) is 8.52. The molecule has 0 fully saturated rings. The number of nitrogens with one attached hydrogen (secondary N) is 2. The summed E-state index contributed by atoms with van der Waals surface area (Å²) >= 11 is 0. The first kappa shape index (κ1) is 18.9. The maximum Gasteiger partial charge on any atom is 0.291 e. The minimum atomic E-state index is -0.413. The fourth-order valence-corrected chi connectivity index (χ4v) is 2.55. The molecule has 0 atom stereocenters. The molecule has 142 valence electrons. The normalized spacial score (nSPS) is 10.2. The quantitative estimate of drug-likeness (QED) is 0.712. The van der Waals surface area contributed by atoms with Crippen LogP contribution in [0.4, 0.5) is 11.4 Å². The molecule has 0 aliphatic heterocycles. The zero-order valence-corrected chi connectivity index (χ0v) is 15.4. The van der Waals surface area contributed by atoms with Gasteiger partial charge in [-0.3, -0.25) is 14.4 Å². The van der Waals surface area contributed by atoms with Crippen LogP contribution < -0.4 is 10.6 Å². The van der Waals surface area contributed by atoms with Crippen molar-refractivity contribution in [3.05, 3.63) is 83.8 Å². The molecule has 7 heteroatoms. The zero-order valence-electron chi connectivity index (χ0n) is 15.4. The van der Waals surface area contributed by atoms with Crippen LogP contribution in [0.15, 0.2) is 71.3 Å². The van der Waals surface area contributed by atoms with Crippen LogP contribution in [0.1, 0.15) is 31.3 Å². The highest BCUT2D eigenvalue weighted by Crippen LogP contribution is 2.19. The number of nitrogens with zero attached hydrogens (tertiary/aromatic N) is 1. The molecule has 2 N–H and O–H groups in total. The molecule has 3 amide bonds. The van der Waals surface area contributed by atoms with Crippen molar-refractivity contribution in [3.8, 4) is 0 Å². The minimum absolute atomic E-state index is 0.172. The highest BCUT2D eigenvalue weighted by molar-refractivity contribution is 6.10. The molecule has 3 rings (SSSR count). The van der Waals surface area contributed by atoms with E-state index >= 15 is 0 Å². The topological polar surface area (TPSA) is 91.7 Å². The van der Waals surface area contributed by atoms with Crippen LogP contribution in [0, 0.1) is 0 Å². The van der Waals surface area contributed by atoms with E-state index in [1.165, 1.54) is 11.2 Å². The van der Waals surface area contributed by atoms with E-state index < -0.39 is 11.8 Å². The van der Waals surface area contributed by atoms with Gasteiger partial charge < -0.3 is 20.0 Å². The summed E-state index contributed by atoms with van der Waals surface area (Å²) in [5.74, 6) is -0.848. The third-order valence-electron chi connectivity index (χ3n) is 3.94. The summed E-state index contributed by atoms with van der Waals surface area (Å²) < 4.78 is 5.05. The lowest BCUT2D eigenvalue weighted by Gasteiger charge is -2.15. The fourth-order valence-electron chi connectivity index (χ4n) is 2.55. The van der Waals surface area contributed by atoms with Crippen LogP contribution in [0.25, 0.3) is 0 Å². The van der Waals surface area contributed by atoms with Gasteiger partial charge in [0.2, 0.25) is 0 Å². The summed E-state index contributed by atoms with van der Waals surface area (Å²) in [4.78, 5) is 38.5. The van der Waals surface area contributed by atoms with Crippen LogP contribution in [-0.4, -0.2) is 36.7 Å². The molecule has 0 radical (unpaired) electrons. The Labute approximate surface area is 162 Å². The molecule has 0 aliphatic rings. The Morgan fingerprint density at radius 1 is 0.857 bits per heavy atom. The van der Waals surface area contributed by atoms with Crippen LogP contribution in [-0.2, 0) is 0 Å². The Hall–Kier alpha value is -3.87. The van der Waals surface area contributed by atoms with Crippen molar-refractivity contribution in [1.82, 2.24) is 4.90 Å². The van der Waals surface area contributed by atoms with Crippen molar-refractivity contribution in [2.75, 3.05) is 24.7 Å². The van der Waals surface area contributed by atoms with E-state index in [1.807, 2.05) is 0 Å². The number of carbonyl (C=O) groups is 3. The predicted molar refractivity (Wildman–Crippen MR) is 106 cm³/mol. The molecule has 0 aliphatic carbocycles. The van der Waals surface area contributed by atoms with Gasteiger partial charge in [0.1, 0.15) is 0 Å². The Bertz CT molecular complexity index is 1010. The van der Waals surface area contributed by atoms with E-state index in [2.05, 4.69) is 10.6 Å². The smallest absolute Gasteiger partial charge is 0.291 e. The Kier molecular flexibility index (Phi) is 5.55. The standard InChI is InChI=1S/C21H19N3O4/c1-24(2)21(27)16-9-3-4-10-17(16)23-19(25)14-7-5-8-15(13-14)22-20(26)18-11-6-12-28-18/h3-13H,1-2H3,(H,22,26)(H,23,25). The highest BCUT2D eigenvalue weighted by Gasteiger charge is 2.16. The minimum Gasteiger partial charge on any atom is -0.459 e. The van der Waals surface area contributed by atoms with Crippen molar-refractivity contribution in [3.63, 3.8) is 0 Å². The van der Waals surface area contributed by atoms with E-state index in [0.717, 1.165) is 0 Å². The average Bonchev–Trinajstić information content (AvgIpc) is 3.23. The lowest BCUT2D eigenvalue weighted by molar-refractivity contribution is 0.0828. The largest absolute Gasteiger partial charge is 0.459 e. The number of anilines is 2. The second-order valence-electron chi connectivity index (χ2n) is 6.21. The van der Waals surface area contributed by atoms with Crippen LogP contribution >= 0.6 is 0 Å². The monoisotopic (exact) mass is 377 g/mol. The van der Waals surface area contributed by atoms with Gasteiger partial charge >= 0.3 is 0 Å². The molecule has 0 unspecified atom stereocenters. The number of hydrogen-bond donors (Lipinski definition) is 2. The lowest BCUT2D eigenvalue weighted by Crippen LogP contribution is -2.24. The van der Waals surface area contributed by atoms with Crippen LogP contribution in [0.3, 0.4) is 0 Å². The van der Waals surface area contributed by atoms with E-state index in [-0.39, 0.29) is 11.7 Å². The first-order chi connectivity index (χ1) is 13.5. The van der Waals surface area contributed by atoms with Gasteiger partial charge in [0.25, 0.3) is 17.7 Å². The van der Waals surface area contributed by atoms with E-state index in [9.17, 15) is 14.4 Å². The Balaban J connectivity index is 1.77. The van der Waals surface area contributed by atoms with Gasteiger partial charge in [0.05, 0.1) is 17.5 Å². The molecule has 0 saturated heterocycles. The summed E-state index contributed by atoms with van der Waals surface area (Å²) in [6, 6.07) is 16.4. The summed E-state index contributed by atoms with van der Waals surface area (Å²) in [5, 5.41) is 5.43. The molecule has 1 heterocycles. The van der Waals surface area contributed by atoms with Gasteiger partial charge in [-0.15, -0.1) is 0 Å². The Morgan fingerprint density at radius 3 is 2.36 bits per heavy atom. The average molecular weight is 377 g/mol. The second-order valence-corrected chi connectivity index (χ2v) is 6.21. The maximum atomic E-state index is 12.7. The number of para-hydroxylation sites is 1. The lowest BCUT2D eigenvalue weighted by atomic mass is 10.1. The van der Waals surface area contributed by atoms with E-state index in [0.29, 0.717) is 22.5 Å². The SMILES string of the molecule is CN(C)C(=O)c1ccccc1NC(=O)c1cccc(NC(=O)c2ccco2)c1. The first-order valence-corrected chi connectivity index (χ1v) is 8.52. The van der Waals surface area contributed by atoms with Gasteiger partial charge in [-0.2, -0.15) is 0 Å². The maximum absolute atomic E-state index is 12.7. The number of benzene rings is 2. The molecule has 28 heavy (non-hydrogen) atoms. The van der Waals surface area contributed by atoms with Gasteiger partial charge in [0, 0.05) is 25.3 Å². The zero-order chi connectivity index (χ0) is 20.1. The summed E-state index contributed by atoms with van der Waals surface area (Å²) in [5.41, 5.74) is 1.59. The molecule has 0 spiro atoms. The van der Waals surface area contributed by atoms with Crippen molar-refractivity contribution >= 4 is 29.1 Å². The van der Waals surface area contributed by atoms with Crippen LogP contribution in [0.5, 0.6) is 0 Å². The van der Waals surface area contributed by atoms with E-state index in [1.54, 1.807) is 74.8 Å². The molecule has 1 aromatic heterocycles. The fraction of sp³-hybridized carbons (Fsp3) is 0.0952. The van der Waals surface area contributed by atoms with Crippen molar-refractivity contribution in [2.24, 2.45) is 0 Å². The number of amides is 3. The molecule has 0 bridgehead atoms. The van der Waals surface area contributed by atoms with Gasteiger partial charge in [-0.25, -0.2) is 0 Å². The van der Waals surface area contributed by atoms with Crippen molar-refractivity contribution < 1.29 is 18.8 Å². The highest BCUT2D eigenvalue weighted by atomic mass is 16.3. The molecular weight excluding hydrogens is 358 g/mol. The molecule has 3 aromatic rings. The number of rotatable bonds is 5. The number of hydrogen-bond acceptors (Lipinski definition) is 4. The second kappa shape index (κ2) is 8.22. The van der Waals surface area contributed by atoms with Crippen LogP contribution in [0.2, 0.25) is 0 Å².